The normalized spacial score (nSPS) is 10.7. The first-order valence-electron chi connectivity index (χ1n) is 3.72. The molecule has 0 atom stereocenters. The largest absolute Gasteiger partial charge is 0.144 e. The van der Waals surface area contributed by atoms with Crippen molar-refractivity contribution in [3.8, 4) is 0 Å². The van der Waals surface area contributed by atoms with E-state index in [0.717, 1.165) is 0 Å². The summed E-state index contributed by atoms with van der Waals surface area (Å²) >= 11 is 1.81. The summed E-state index contributed by atoms with van der Waals surface area (Å²) in [4.78, 5) is 0. The van der Waals surface area contributed by atoms with Crippen molar-refractivity contribution >= 4 is 21.4 Å². The van der Waals surface area contributed by atoms with E-state index in [-0.39, 0.29) is 0 Å². The highest BCUT2D eigenvalue weighted by Gasteiger charge is 1.99. The predicted molar refractivity (Wildman–Crippen MR) is 51.3 cm³/mol. The Balaban J connectivity index is 2.93. The van der Waals surface area contributed by atoms with Crippen LogP contribution in [0.4, 0.5) is 0 Å². The molecular weight excluding hydrogens is 152 g/mol. The van der Waals surface area contributed by atoms with E-state index in [0.29, 0.717) is 0 Å². The van der Waals surface area contributed by atoms with Gasteiger partial charge >= 0.3 is 0 Å². The van der Waals surface area contributed by atoms with Gasteiger partial charge in [0.05, 0.1) is 0 Å². The second-order valence-electron chi connectivity index (χ2n) is 2.84. The van der Waals surface area contributed by atoms with Crippen LogP contribution in [0, 0.1) is 13.8 Å². The van der Waals surface area contributed by atoms with Crippen LogP contribution in [0.3, 0.4) is 0 Å². The number of fused-ring (bicyclic) bond motifs is 1. The van der Waals surface area contributed by atoms with Gasteiger partial charge in [-0.1, -0.05) is 6.07 Å². The zero-order valence-corrected chi connectivity index (χ0v) is 7.53. The fraction of sp³-hybridized carbons (Fsp3) is 0.200. The van der Waals surface area contributed by atoms with Crippen LogP contribution in [0.2, 0.25) is 0 Å². The van der Waals surface area contributed by atoms with E-state index in [1.54, 1.807) is 0 Å². The number of benzene rings is 1. The molecule has 0 saturated carbocycles. The lowest BCUT2D eigenvalue weighted by Gasteiger charge is -1.99. The molecule has 0 radical (unpaired) electrons. The highest BCUT2D eigenvalue weighted by molar-refractivity contribution is 7.17. The third-order valence-corrected chi connectivity index (χ3v) is 3.06. The van der Waals surface area contributed by atoms with Crippen LogP contribution in [0.25, 0.3) is 10.1 Å². The van der Waals surface area contributed by atoms with Gasteiger partial charge < -0.3 is 0 Å². The van der Waals surface area contributed by atoms with Gasteiger partial charge in [0.15, 0.2) is 0 Å². The lowest BCUT2D eigenvalue weighted by molar-refractivity contribution is 1.39. The maximum atomic E-state index is 2.20. The van der Waals surface area contributed by atoms with Gasteiger partial charge in [-0.05, 0) is 47.9 Å². The Bertz CT molecular complexity index is 385. The summed E-state index contributed by atoms with van der Waals surface area (Å²) in [5.74, 6) is 0. The van der Waals surface area contributed by atoms with E-state index in [9.17, 15) is 0 Å². The van der Waals surface area contributed by atoms with Crippen molar-refractivity contribution in [1.82, 2.24) is 0 Å². The Morgan fingerprint density at radius 3 is 2.73 bits per heavy atom. The van der Waals surface area contributed by atoms with Crippen molar-refractivity contribution in [2.45, 2.75) is 13.8 Å². The molecule has 0 aliphatic rings. The molecule has 0 bridgehead atoms. The van der Waals surface area contributed by atoms with Gasteiger partial charge in [0.2, 0.25) is 0 Å². The van der Waals surface area contributed by atoms with Gasteiger partial charge in [0, 0.05) is 4.70 Å². The summed E-state index contributed by atoms with van der Waals surface area (Å²) in [5.41, 5.74) is 2.81. The van der Waals surface area contributed by atoms with E-state index in [1.807, 2.05) is 11.3 Å². The fourth-order valence-corrected chi connectivity index (χ4v) is 2.14. The number of hydrogen-bond acceptors (Lipinski definition) is 1. The zero-order chi connectivity index (χ0) is 7.84. The van der Waals surface area contributed by atoms with E-state index in [4.69, 9.17) is 0 Å². The van der Waals surface area contributed by atoms with Crippen LogP contribution in [-0.2, 0) is 0 Å². The second-order valence-corrected chi connectivity index (χ2v) is 3.79. The highest BCUT2D eigenvalue weighted by atomic mass is 32.1. The molecule has 0 amide bonds. The summed E-state index contributed by atoms with van der Waals surface area (Å²) in [6, 6.07) is 6.58. The summed E-state index contributed by atoms with van der Waals surface area (Å²) in [6.07, 6.45) is 0. The Hall–Kier alpha value is -0.820. The Morgan fingerprint density at radius 2 is 1.91 bits per heavy atom. The van der Waals surface area contributed by atoms with E-state index >= 15 is 0 Å². The number of aryl methyl sites for hydroxylation is 2. The molecular formula is C10H10S. The van der Waals surface area contributed by atoms with Crippen molar-refractivity contribution in [2.75, 3.05) is 0 Å². The van der Waals surface area contributed by atoms with E-state index in [1.165, 1.54) is 21.2 Å². The average molecular weight is 162 g/mol. The monoisotopic (exact) mass is 162 g/mol. The molecule has 0 fully saturated rings. The number of thiophene rings is 1. The van der Waals surface area contributed by atoms with Crippen LogP contribution in [0.15, 0.2) is 23.6 Å². The lowest BCUT2D eigenvalue weighted by Crippen LogP contribution is -1.78. The Labute approximate surface area is 70.5 Å². The smallest absolute Gasteiger partial charge is 0.0345 e. The van der Waals surface area contributed by atoms with Gasteiger partial charge in [-0.2, -0.15) is 0 Å². The maximum Gasteiger partial charge on any atom is 0.0345 e. The maximum absolute atomic E-state index is 2.20. The molecule has 1 heterocycles. The summed E-state index contributed by atoms with van der Waals surface area (Å²) in [6.45, 7) is 4.34. The van der Waals surface area contributed by atoms with Crippen LogP contribution >= 0.6 is 11.3 Å². The first kappa shape index (κ1) is 6.86. The Morgan fingerprint density at radius 1 is 1.09 bits per heavy atom. The van der Waals surface area contributed by atoms with Crippen LogP contribution < -0.4 is 0 Å². The first-order chi connectivity index (χ1) is 5.29. The highest BCUT2D eigenvalue weighted by Crippen LogP contribution is 2.25. The predicted octanol–water partition coefficient (Wildman–Crippen LogP) is 3.52. The summed E-state index contributed by atoms with van der Waals surface area (Å²) in [7, 11) is 0. The SMILES string of the molecule is Cc1ccc2sccc2c1C. The molecule has 0 unspecified atom stereocenters. The third kappa shape index (κ3) is 0.962. The number of rotatable bonds is 0. The van der Waals surface area contributed by atoms with E-state index < -0.39 is 0 Å². The molecule has 2 aromatic rings. The van der Waals surface area contributed by atoms with Gasteiger partial charge in [-0.3, -0.25) is 0 Å². The minimum atomic E-state index is 1.39. The molecule has 11 heavy (non-hydrogen) atoms. The van der Waals surface area contributed by atoms with Gasteiger partial charge in [-0.25, -0.2) is 0 Å². The quantitative estimate of drug-likeness (QED) is 0.556. The van der Waals surface area contributed by atoms with Crippen molar-refractivity contribution in [1.29, 1.82) is 0 Å². The standard InChI is InChI=1S/C10H10S/c1-7-3-4-10-9(8(7)2)5-6-11-10/h3-6H,1-2H3. The molecule has 0 N–H and O–H groups in total. The fourth-order valence-electron chi connectivity index (χ4n) is 1.30. The molecule has 2 rings (SSSR count). The van der Waals surface area contributed by atoms with E-state index in [2.05, 4.69) is 37.4 Å². The molecule has 1 heteroatoms. The molecule has 0 spiro atoms. The number of hydrogen-bond donors (Lipinski definition) is 0. The van der Waals surface area contributed by atoms with Crippen molar-refractivity contribution in [3.05, 3.63) is 34.7 Å². The lowest BCUT2D eigenvalue weighted by atomic mass is 10.1. The van der Waals surface area contributed by atoms with Gasteiger partial charge in [-0.15, -0.1) is 11.3 Å². The minimum Gasteiger partial charge on any atom is -0.144 e. The molecule has 1 aromatic carbocycles. The molecule has 0 aliphatic heterocycles. The van der Waals surface area contributed by atoms with Crippen molar-refractivity contribution in [2.24, 2.45) is 0 Å². The van der Waals surface area contributed by atoms with Crippen molar-refractivity contribution < 1.29 is 0 Å². The molecule has 0 saturated heterocycles. The molecule has 1 aromatic heterocycles. The third-order valence-electron chi connectivity index (χ3n) is 2.18. The molecule has 0 aliphatic carbocycles. The zero-order valence-electron chi connectivity index (χ0n) is 6.72. The molecule has 0 nitrogen and oxygen atoms in total. The topological polar surface area (TPSA) is 0 Å². The molecule has 56 valence electrons. The van der Waals surface area contributed by atoms with Crippen LogP contribution in [0.1, 0.15) is 11.1 Å². The minimum absolute atomic E-state index is 1.39. The summed E-state index contributed by atoms with van der Waals surface area (Å²) in [5, 5.41) is 3.56. The Kier molecular flexibility index (Phi) is 1.46. The van der Waals surface area contributed by atoms with Gasteiger partial charge in [0.1, 0.15) is 0 Å². The summed E-state index contributed by atoms with van der Waals surface area (Å²) < 4.78 is 1.40. The van der Waals surface area contributed by atoms with Crippen LogP contribution in [0.5, 0.6) is 0 Å². The first-order valence-corrected chi connectivity index (χ1v) is 4.60. The van der Waals surface area contributed by atoms with Crippen LogP contribution in [-0.4, -0.2) is 0 Å². The second kappa shape index (κ2) is 2.35. The van der Waals surface area contributed by atoms with Crippen molar-refractivity contribution in [3.63, 3.8) is 0 Å². The van der Waals surface area contributed by atoms with Gasteiger partial charge in [0.25, 0.3) is 0 Å². The average Bonchev–Trinajstić information content (AvgIpc) is 2.45.